The van der Waals surface area contributed by atoms with Crippen LogP contribution in [0.3, 0.4) is 0 Å². The minimum absolute atomic E-state index is 0.0187. The summed E-state index contributed by atoms with van der Waals surface area (Å²) < 4.78 is 7.67. The largest absolute Gasteiger partial charge is 0.452 e. The summed E-state index contributed by atoms with van der Waals surface area (Å²) in [5.41, 5.74) is 5.29. The lowest BCUT2D eigenvalue weighted by Gasteiger charge is -2.19. The van der Waals surface area contributed by atoms with Gasteiger partial charge in [-0.25, -0.2) is 19.5 Å². The number of hydrazine groups is 1. The van der Waals surface area contributed by atoms with E-state index in [0.29, 0.717) is 11.3 Å². The molecule has 0 aliphatic rings. The number of amides is 3. The number of carbonyl (C=O) groups excluding carboxylic acids is 3. The van der Waals surface area contributed by atoms with Crippen LogP contribution in [0, 0.1) is 20.8 Å². The summed E-state index contributed by atoms with van der Waals surface area (Å²) in [4.78, 5) is 43.7. The fraction of sp³-hybridized carbons (Fsp3) is 0.231. The summed E-state index contributed by atoms with van der Waals surface area (Å²) in [7, 11) is 2.49. The van der Waals surface area contributed by atoms with Crippen LogP contribution in [0.4, 0.5) is 10.5 Å². The molecule has 214 valence electrons. The van der Waals surface area contributed by atoms with Crippen LogP contribution >= 0.6 is 35.8 Å². The van der Waals surface area contributed by atoms with Gasteiger partial charge in [-0.15, -0.1) is 12.6 Å². The molecule has 3 amide bonds. The smallest absolute Gasteiger partial charge is 0.428 e. The third-order valence-electron chi connectivity index (χ3n) is 6.09. The van der Waals surface area contributed by atoms with Gasteiger partial charge in [0.1, 0.15) is 5.69 Å². The number of methoxy groups -OCH3 is 1. The predicted molar refractivity (Wildman–Crippen MR) is 156 cm³/mol. The molecule has 3 heterocycles. The lowest BCUT2D eigenvalue weighted by Crippen LogP contribution is -2.43. The summed E-state index contributed by atoms with van der Waals surface area (Å²) in [6, 6.07) is 7.85. The quantitative estimate of drug-likeness (QED) is 0.212. The van der Waals surface area contributed by atoms with E-state index >= 15 is 0 Å². The minimum atomic E-state index is -0.793. The molecular formula is C26H26Cl2N8O4S. The number of pyridine rings is 1. The van der Waals surface area contributed by atoms with Gasteiger partial charge in [-0.3, -0.25) is 19.7 Å². The maximum Gasteiger partial charge on any atom is 0.428 e. The summed E-state index contributed by atoms with van der Waals surface area (Å²) in [5.74, 6) is -1.07. The van der Waals surface area contributed by atoms with Gasteiger partial charge in [0.15, 0.2) is 5.82 Å². The zero-order valence-corrected chi connectivity index (χ0v) is 25.1. The third kappa shape index (κ3) is 6.32. The monoisotopic (exact) mass is 616 g/mol. The highest BCUT2D eigenvalue weighted by Crippen LogP contribution is 2.28. The van der Waals surface area contributed by atoms with Crippen LogP contribution in [0.2, 0.25) is 10.0 Å². The highest BCUT2D eigenvalue weighted by Gasteiger charge is 2.24. The van der Waals surface area contributed by atoms with Gasteiger partial charge < -0.3 is 10.1 Å². The Bertz CT molecular complexity index is 1670. The number of rotatable bonds is 6. The molecule has 2 N–H and O–H groups in total. The average molecular weight is 618 g/mol. The topological polar surface area (TPSA) is 136 Å². The van der Waals surface area contributed by atoms with E-state index in [1.807, 2.05) is 13.8 Å². The van der Waals surface area contributed by atoms with Crippen molar-refractivity contribution in [3.8, 4) is 5.82 Å². The number of aromatic nitrogens is 5. The van der Waals surface area contributed by atoms with E-state index < -0.39 is 17.9 Å². The van der Waals surface area contributed by atoms with Gasteiger partial charge in [-0.1, -0.05) is 23.2 Å². The van der Waals surface area contributed by atoms with Crippen molar-refractivity contribution < 1.29 is 19.1 Å². The first-order valence-corrected chi connectivity index (χ1v) is 13.3. The SMILES string of the molecule is COC(=O)N(C)NC(=O)c1cc(Cl)cc(C)c1NC(=O)c1cc(Cn2nc(C)c(S)c2C)nn1-c1ncccc1Cl. The molecule has 0 bridgehead atoms. The molecule has 3 aromatic heterocycles. The van der Waals surface area contributed by atoms with E-state index in [1.54, 1.807) is 35.9 Å². The van der Waals surface area contributed by atoms with E-state index in [-0.39, 0.29) is 39.4 Å². The van der Waals surface area contributed by atoms with Crippen molar-refractivity contribution in [2.75, 3.05) is 19.5 Å². The molecule has 0 saturated carbocycles. The fourth-order valence-corrected chi connectivity index (χ4v) is 4.65. The summed E-state index contributed by atoms with van der Waals surface area (Å²) in [5, 5.41) is 13.3. The Balaban J connectivity index is 1.74. The molecule has 4 aromatic rings. The van der Waals surface area contributed by atoms with Crippen LogP contribution in [-0.4, -0.2) is 61.6 Å². The summed E-state index contributed by atoms with van der Waals surface area (Å²) in [6.45, 7) is 5.66. The number of halogens is 2. The maximum absolute atomic E-state index is 13.8. The number of nitrogens with one attached hydrogen (secondary N) is 2. The number of ether oxygens (including phenoxy) is 1. The second-order valence-electron chi connectivity index (χ2n) is 8.99. The second kappa shape index (κ2) is 12.2. The van der Waals surface area contributed by atoms with E-state index in [4.69, 9.17) is 23.2 Å². The standard InChI is InChI=1S/C26H26Cl2N8O4S/c1-13-9-16(27)10-18(24(37)33-34(4)26(39)40-5)21(13)30-25(38)20-11-17(12-35-15(3)22(41)14(2)31-35)32-36(20)23-19(28)7-6-8-29-23/h6-11,41H,12H2,1-5H3,(H,30,38)(H,33,37). The van der Waals surface area contributed by atoms with E-state index in [1.165, 1.54) is 31.1 Å². The van der Waals surface area contributed by atoms with Crippen molar-refractivity contribution in [3.05, 3.63) is 80.5 Å². The number of thiol groups is 1. The molecule has 0 radical (unpaired) electrons. The van der Waals surface area contributed by atoms with Crippen LogP contribution < -0.4 is 10.7 Å². The Hall–Kier alpha value is -4.07. The average Bonchev–Trinajstić information content (AvgIpc) is 3.45. The van der Waals surface area contributed by atoms with Crippen molar-refractivity contribution in [2.24, 2.45) is 0 Å². The van der Waals surface area contributed by atoms with Crippen LogP contribution in [-0.2, 0) is 11.3 Å². The molecule has 15 heteroatoms. The zero-order valence-electron chi connectivity index (χ0n) is 22.7. The number of carbonyl (C=O) groups is 3. The first-order chi connectivity index (χ1) is 19.4. The van der Waals surface area contributed by atoms with Crippen molar-refractivity contribution in [2.45, 2.75) is 32.2 Å². The number of nitrogens with zero attached hydrogens (tertiary/aromatic N) is 6. The van der Waals surface area contributed by atoms with Crippen molar-refractivity contribution in [1.29, 1.82) is 0 Å². The Morgan fingerprint density at radius 1 is 1.10 bits per heavy atom. The highest BCUT2D eigenvalue weighted by molar-refractivity contribution is 7.80. The molecule has 0 aliphatic heterocycles. The molecule has 41 heavy (non-hydrogen) atoms. The Morgan fingerprint density at radius 2 is 1.83 bits per heavy atom. The molecule has 0 atom stereocenters. The minimum Gasteiger partial charge on any atom is -0.452 e. The Labute approximate surface area is 251 Å². The van der Waals surface area contributed by atoms with Gasteiger partial charge in [-0.05, 0) is 56.7 Å². The molecule has 0 unspecified atom stereocenters. The van der Waals surface area contributed by atoms with Crippen molar-refractivity contribution in [3.63, 3.8) is 0 Å². The van der Waals surface area contributed by atoms with Crippen LogP contribution in [0.15, 0.2) is 41.4 Å². The zero-order chi connectivity index (χ0) is 30.0. The van der Waals surface area contributed by atoms with Crippen LogP contribution in [0.25, 0.3) is 5.82 Å². The van der Waals surface area contributed by atoms with Crippen LogP contribution in [0.5, 0.6) is 0 Å². The molecule has 0 fully saturated rings. The van der Waals surface area contributed by atoms with E-state index in [9.17, 15) is 14.4 Å². The number of hydrogen-bond donors (Lipinski definition) is 3. The Morgan fingerprint density at radius 3 is 2.46 bits per heavy atom. The first-order valence-electron chi connectivity index (χ1n) is 12.1. The summed E-state index contributed by atoms with van der Waals surface area (Å²) >= 11 is 17.1. The molecule has 0 saturated heterocycles. The lowest BCUT2D eigenvalue weighted by atomic mass is 10.1. The first kappa shape index (κ1) is 29.9. The van der Waals surface area contributed by atoms with Gasteiger partial charge >= 0.3 is 6.09 Å². The molecule has 12 nitrogen and oxygen atoms in total. The maximum atomic E-state index is 13.8. The molecule has 1 aromatic carbocycles. The normalized spacial score (nSPS) is 10.8. The van der Waals surface area contributed by atoms with Crippen molar-refractivity contribution in [1.82, 2.24) is 35.0 Å². The second-order valence-corrected chi connectivity index (χ2v) is 10.3. The molecule has 0 spiro atoms. The predicted octanol–water partition coefficient (Wildman–Crippen LogP) is 4.63. The molecule has 0 aliphatic carbocycles. The van der Waals surface area contributed by atoms with Crippen LogP contribution in [0.1, 0.15) is 43.5 Å². The van der Waals surface area contributed by atoms with Gasteiger partial charge in [0.05, 0.1) is 41.3 Å². The highest BCUT2D eigenvalue weighted by atomic mass is 35.5. The number of benzene rings is 1. The van der Waals surface area contributed by atoms with Crippen molar-refractivity contribution >= 4 is 59.4 Å². The van der Waals surface area contributed by atoms with Gasteiger partial charge in [-0.2, -0.15) is 10.2 Å². The van der Waals surface area contributed by atoms with E-state index in [0.717, 1.165) is 21.3 Å². The Kier molecular flexibility index (Phi) is 8.90. The number of anilines is 1. The lowest BCUT2D eigenvalue weighted by molar-refractivity contribution is 0.0767. The molecular weight excluding hydrogens is 591 g/mol. The summed E-state index contributed by atoms with van der Waals surface area (Å²) in [6.07, 6.45) is 0.737. The van der Waals surface area contributed by atoms with Gasteiger partial charge in [0.2, 0.25) is 0 Å². The van der Waals surface area contributed by atoms with Gasteiger partial charge in [0.25, 0.3) is 11.8 Å². The fourth-order valence-electron chi connectivity index (χ4n) is 4.02. The molecule has 4 rings (SSSR count). The number of hydrogen-bond acceptors (Lipinski definition) is 8. The van der Waals surface area contributed by atoms with Gasteiger partial charge in [0, 0.05) is 28.9 Å². The number of aryl methyl sites for hydroxylation is 2. The van der Waals surface area contributed by atoms with E-state index in [2.05, 4.69) is 43.3 Å². The third-order valence-corrected chi connectivity index (χ3v) is 7.25.